The highest BCUT2D eigenvalue weighted by Crippen LogP contribution is 2.41. The maximum atomic E-state index is 10.1. The lowest BCUT2D eigenvalue weighted by atomic mass is 9.87. The average Bonchev–Trinajstić information content (AvgIpc) is 2.94. The second-order valence-corrected chi connectivity index (χ2v) is 5.15. The first kappa shape index (κ1) is 12.2. The first-order valence-electron chi connectivity index (χ1n) is 6.86. The lowest BCUT2D eigenvalue weighted by Gasteiger charge is -2.39. The number of hydrogen-bond donors (Lipinski definition) is 1. The summed E-state index contributed by atoms with van der Waals surface area (Å²) >= 11 is 0. The summed E-state index contributed by atoms with van der Waals surface area (Å²) in [5.74, 6) is 0. The SMILES string of the molecule is OCC1(c2ccccc2)CCCN1c1ccccc1. The minimum absolute atomic E-state index is 0.159. The van der Waals surface area contributed by atoms with Crippen LogP contribution in [-0.4, -0.2) is 18.3 Å². The number of aliphatic hydroxyl groups excluding tert-OH is 1. The van der Waals surface area contributed by atoms with Crippen LogP contribution >= 0.6 is 0 Å². The van der Waals surface area contributed by atoms with Gasteiger partial charge in [-0.2, -0.15) is 0 Å². The molecule has 1 fully saturated rings. The van der Waals surface area contributed by atoms with E-state index in [-0.39, 0.29) is 12.1 Å². The summed E-state index contributed by atoms with van der Waals surface area (Å²) in [5.41, 5.74) is 2.14. The van der Waals surface area contributed by atoms with Crippen molar-refractivity contribution in [2.24, 2.45) is 0 Å². The monoisotopic (exact) mass is 253 g/mol. The van der Waals surface area contributed by atoms with Gasteiger partial charge in [0.1, 0.15) is 0 Å². The molecule has 0 aromatic heterocycles. The first-order valence-corrected chi connectivity index (χ1v) is 6.86. The van der Waals surface area contributed by atoms with E-state index in [9.17, 15) is 5.11 Å². The van der Waals surface area contributed by atoms with Crippen molar-refractivity contribution < 1.29 is 5.11 Å². The van der Waals surface area contributed by atoms with Crippen LogP contribution in [0.4, 0.5) is 5.69 Å². The molecule has 3 rings (SSSR count). The molecule has 2 aromatic carbocycles. The van der Waals surface area contributed by atoms with Gasteiger partial charge in [-0.25, -0.2) is 0 Å². The Bertz CT molecular complexity index is 525. The van der Waals surface area contributed by atoms with Crippen molar-refractivity contribution in [1.82, 2.24) is 0 Å². The molecule has 0 bridgehead atoms. The van der Waals surface area contributed by atoms with Crippen molar-refractivity contribution in [3.8, 4) is 0 Å². The van der Waals surface area contributed by atoms with Gasteiger partial charge >= 0.3 is 0 Å². The van der Waals surface area contributed by atoms with Crippen molar-refractivity contribution in [3.05, 3.63) is 66.2 Å². The number of aliphatic hydroxyl groups is 1. The average molecular weight is 253 g/mol. The van der Waals surface area contributed by atoms with E-state index in [2.05, 4.69) is 41.3 Å². The zero-order valence-electron chi connectivity index (χ0n) is 11.0. The topological polar surface area (TPSA) is 23.5 Å². The van der Waals surface area contributed by atoms with Gasteiger partial charge in [0.05, 0.1) is 12.1 Å². The Morgan fingerprint density at radius 2 is 1.58 bits per heavy atom. The molecule has 1 saturated heterocycles. The fourth-order valence-electron chi connectivity index (χ4n) is 3.17. The van der Waals surface area contributed by atoms with Crippen LogP contribution in [0, 0.1) is 0 Å². The summed E-state index contributed by atoms with van der Waals surface area (Å²) < 4.78 is 0. The first-order chi connectivity index (χ1) is 9.37. The van der Waals surface area contributed by atoms with Gasteiger partial charge in [0, 0.05) is 12.2 Å². The third-order valence-electron chi connectivity index (χ3n) is 4.13. The van der Waals surface area contributed by atoms with Gasteiger partial charge in [-0.15, -0.1) is 0 Å². The van der Waals surface area contributed by atoms with Crippen LogP contribution < -0.4 is 4.90 Å². The molecular formula is C17H19NO. The fraction of sp³-hybridized carbons (Fsp3) is 0.294. The van der Waals surface area contributed by atoms with Crippen LogP contribution in [0.15, 0.2) is 60.7 Å². The summed E-state index contributed by atoms with van der Waals surface area (Å²) in [6.45, 7) is 1.16. The molecule has 98 valence electrons. The fourth-order valence-corrected chi connectivity index (χ4v) is 3.17. The molecule has 0 amide bonds. The highest BCUT2D eigenvalue weighted by atomic mass is 16.3. The van der Waals surface area contributed by atoms with Gasteiger partial charge in [-0.05, 0) is 30.5 Å². The summed E-state index contributed by atoms with van der Waals surface area (Å²) in [7, 11) is 0. The Labute approximate surface area is 114 Å². The van der Waals surface area contributed by atoms with Crippen LogP contribution in [-0.2, 0) is 5.54 Å². The van der Waals surface area contributed by atoms with Crippen molar-refractivity contribution in [3.63, 3.8) is 0 Å². The zero-order chi connectivity index (χ0) is 13.1. The van der Waals surface area contributed by atoms with E-state index in [0.29, 0.717) is 0 Å². The molecule has 0 saturated carbocycles. The number of benzene rings is 2. The minimum Gasteiger partial charge on any atom is -0.394 e. The molecule has 1 unspecified atom stereocenters. The van der Waals surface area contributed by atoms with E-state index in [1.54, 1.807) is 0 Å². The Morgan fingerprint density at radius 3 is 2.21 bits per heavy atom. The third-order valence-corrected chi connectivity index (χ3v) is 4.13. The van der Waals surface area contributed by atoms with Gasteiger partial charge in [0.25, 0.3) is 0 Å². The summed E-state index contributed by atoms with van der Waals surface area (Å²) in [6, 6.07) is 20.8. The van der Waals surface area contributed by atoms with Crippen LogP contribution in [0.5, 0.6) is 0 Å². The Morgan fingerprint density at radius 1 is 0.947 bits per heavy atom. The van der Waals surface area contributed by atoms with Gasteiger partial charge < -0.3 is 10.0 Å². The normalized spacial score (nSPS) is 22.7. The number of nitrogens with zero attached hydrogens (tertiary/aromatic N) is 1. The molecule has 1 aliphatic rings. The summed E-state index contributed by atoms with van der Waals surface area (Å²) in [4.78, 5) is 2.35. The molecule has 0 radical (unpaired) electrons. The quantitative estimate of drug-likeness (QED) is 0.908. The summed E-state index contributed by atoms with van der Waals surface area (Å²) in [5, 5.41) is 10.1. The van der Waals surface area contributed by atoms with Crippen LogP contribution in [0.1, 0.15) is 18.4 Å². The van der Waals surface area contributed by atoms with E-state index in [0.717, 1.165) is 19.4 Å². The predicted molar refractivity (Wildman–Crippen MR) is 78.2 cm³/mol. The molecule has 2 heteroatoms. The second-order valence-electron chi connectivity index (χ2n) is 5.15. The third kappa shape index (κ3) is 2.02. The van der Waals surface area contributed by atoms with Crippen LogP contribution in [0.3, 0.4) is 0 Å². The maximum absolute atomic E-state index is 10.1. The van der Waals surface area contributed by atoms with Gasteiger partial charge in [-0.3, -0.25) is 0 Å². The van der Waals surface area contributed by atoms with Crippen LogP contribution in [0.2, 0.25) is 0 Å². The van der Waals surface area contributed by atoms with E-state index < -0.39 is 0 Å². The molecule has 1 heterocycles. The van der Waals surface area contributed by atoms with Crippen molar-refractivity contribution >= 4 is 5.69 Å². The second kappa shape index (κ2) is 5.06. The largest absolute Gasteiger partial charge is 0.394 e. The van der Waals surface area contributed by atoms with Gasteiger partial charge in [-0.1, -0.05) is 48.5 Å². The molecule has 0 spiro atoms. The van der Waals surface area contributed by atoms with Gasteiger partial charge in [0.2, 0.25) is 0 Å². The molecular weight excluding hydrogens is 234 g/mol. The molecule has 19 heavy (non-hydrogen) atoms. The molecule has 1 atom stereocenters. The Balaban J connectivity index is 2.05. The lowest BCUT2D eigenvalue weighted by molar-refractivity contribution is 0.198. The van der Waals surface area contributed by atoms with Crippen molar-refractivity contribution in [2.75, 3.05) is 18.1 Å². The van der Waals surface area contributed by atoms with Crippen LogP contribution in [0.25, 0.3) is 0 Å². The lowest BCUT2D eigenvalue weighted by Crippen LogP contribution is -2.44. The number of anilines is 1. The molecule has 1 N–H and O–H groups in total. The summed E-state index contributed by atoms with van der Waals surface area (Å²) in [6.07, 6.45) is 2.12. The van der Waals surface area contributed by atoms with E-state index in [1.165, 1.54) is 11.3 Å². The Hall–Kier alpha value is -1.80. The number of hydrogen-bond acceptors (Lipinski definition) is 2. The van der Waals surface area contributed by atoms with E-state index in [4.69, 9.17) is 0 Å². The van der Waals surface area contributed by atoms with Crippen molar-refractivity contribution in [2.45, 2.75) is 18.4 Å². The van der Waals surface area contributed by atoms with E-state index in [1.807, 2.05) is 24.3 Å². The molecule has 1 aliphatic heterocycles. The molecule has 0 aliphatic carbocycles. The highest BCUT2D eigenvalue weighted by Gasteiger charge is 2.41. The van der Waals surface area contributed by atoms with E-state index >= 15 is 0 Å². The zero-order valence-corrected chi connectivity index (χ0v) is 11.0. The maximum Gasteiger partial charge on any atom is 0.0884 e. The predicted octanol–water partition coefficient (Wildman–Crippen LogP) is 3.17. The Kier molecular flexibility index (Phi) is 3.26. The van der Waals surface area contributed by atoms with Crippen molar-refractivity contribution in [1.29, 1.82) is 0 Å². The smallest absolute Gasteiger partial charge is 0.0884 e. The number of rotatable bonds is 3. The standard InChI is InChI=1S/C17H19NO/c19-14-17(15-8-3-1-4-9-15)12-7-13-18(17)16-10-5-2-6-11-16/h1-6,8-11,19H,7,12-14H2. The van der Waals surface area contributed by atoms with Gasteiger partial charge in [0.15, 0.2) is 0 Å². The molecule has 2 nitrogen and oxygen atoms in total. The number of para-hydroxylation sites is 1. The minimum atomic E-state index is -0.261. The molecule has 2 aromatic rings. The highest BCUT2D eigenvalue weighted by molar-refractivity contribution is 5.53.